The van der Waals surface area contributed by atoms with Gasteiger partial charge in [-0.15, -0.1) is 4.98 Å². The minimum atomic E-state index is -1.06. The number of hydrogen-bond donors (Lipinski definition) is 1. The summed E-state index contributed by atoms with van der Waals surface area (Å²) in [6.07, 6.45) is 0. The SMILES string of the molecule is COc1nc(OC)nc(-c2ccc3ccccc3c2C(=O)O)n1. The van der Waals surface area contributed by atoms with Gasteiger partial charge in [0.15, 0.2) is 5.82 Å². The van der Waals surface area contributed by atoms with E-state index in [4.69, 9.17) is 9.47 Å². The van der Waals surface area contributed by atoms with Crippen molar-refractivity contribution in [2.24, 2.45) is 0 Å². The molecule has 1 heterocycles. The van der Waals surface area contributed by atoms with Gasteiger partial charge >= 0.3 is 18.0 Å². The first-order valence-electron chi connectivity index (χ1n) is 6.73. The zero-order chi connectivity index (χ0) is 16.4. The zero-order valence-electron chi connectivity index (χ0n) is 12.5. The number of carbonyl (C=O) groups is 1. The lowest BCUT2D eigenvalue weighted by atomic mass is 9.98. The van der Waals surface area contributed by atoms with Crippen LogP contribution in [-0.2, 0) is 0 Å². The Hall–Kier alpha value is -3.22. The van der Waals surface area contributed by atoms with Crippen LogP contribution in [-0.4, -0.2) is 40.2 Å². The van der Waals surface area contributed by atoms with E-state index in [1.165, 1.54) is 14.2 Å². The maximum absolute atomic E-state index is 11.8. The molecule has 0 saturated carbocycles. The van der Waals surface area contributed by atoms with E-state index >= 15 is 0 Å². The fourth-order valence-electron chi connectivity index (χ4n) is 2.33. The van der Waals surface area contributed by atoms with Crippen LogP contribution in [0, 0.1) is 0 Å². The first-order chi connectivity index (χ1) is 11.1. The number of ether oxygens (including phenoxy) is 2. The Kier molecular flexibility index (Phi) is 3.76. The van der Waals surface area contributed by atoms with Crippen LogP contribution in [0.25, 0.3) is 22.2 Å². The number of rotatable bonds is 4. The van der Waals surface area contributed by atoms with Crippen LogP contribution in [0.2, 0.25) is 0 Å². The van der Waals surface area contributed by atoms with Crippen molar-refractivity contribution < 1.29 is 19.4 Å². The van der Waals surface area contributed by atoms with Gasteiger partial charge < -0.3 is 14.6 Å². The summed E-state index contributed by atoms with van der Waals surface area (Å²) in [6.45, 7) is 0. The van der Waals surface area contributed by atoms with Crippen molar-refractivity contribution in [2.45, 2.75) is 0 Å². The maximum atomic E-state index is 11.8. The highest BCUT2D eigenvalue weighted by Gasteiger charge is 2.19. The molecule has 0 aliphatic carbocycles. The summed E-state index contributed by atoms with van der Waals surface area (Å²) < 4.78 is 10.0. The molecule has 3 rings (SSSR count). The number of fused-ring (bicyclic) bond motifs is 1. The Labute approximate surface area is 131 Å². The van der Waals surface area contributed by atoms with Crippen LogP contribution in [0.15, 0.2) is 36.4 Å². The monoisotopic (exact) mass is 311 g/mol. The molecule has 2 aromatic carbocycles. The summed E-state index contributed by atoms with van der Waals surface area (Å²) in [5, 5.41) is 11.1. The molecular formula is C16H13N3O4. The van der Waals surface area contributed by atoms with Crippen LogP contribution in [0.3, 0.4) is 0 Å². The predicted octanol–water partition coefficient (Wildman–Crippen LogP) is 2.41. The largest absolute Gasteiger partial charge is 0.478 e. The normalized spacial score (nSPS) is 10.5. The van der Waals surface area contributed by atoms with Crippen LogP contribution in [0.4, 0.5) is 0 Å². The molecule has 0 unspecified atom stereocenters. The third-order valence-electron chi connectivity index (χ3n) is 3.34. The van der Waals surface area contributed by atoms with Crippen molar-refractivity contribution >= 4 is 16.7 Å². The second kappa shape index (κ2) is 5.88. The summed E-state index contributed by atoms with van der Waals surface area (Å²) in [4.78, 5) is 24.0. The third kappa shape index (κ3) is 2.64. The lowest BCUT2D eigenvalue weighted by Gasteiger charge is -2.10. The second-order valence-corrected chi connectivity index (χ2v) is 4.65. The summed E-state index contributed by atoms with van der Waals surface area (Å²) in [7, 11) is 2.83. The van der Waals surface area contributed by atoms with Gasteiger partial charge in [0.05, 0.1) is 19.8 Å². The second-order valence-electron chi connectivity index (χ2n) is 4.65. The lowest BCUT2D eigenvalue weighted by Crippen LogP contribution is -2.05. The summed E-state index contributed by atoms with van der Waals surface area (Å²) >= 11 is 0. The van der Waals surface area contributed by atoms with E-state index in [9.17, 15) is 9.90 Å². The fourth-order valence-corrected chi connectivity index (χ4v) is 2.33. The molecule has 0 saturated heterocycles. The van der Waals surface area contributed by atoms with E-state index in [1.807, 2.05) is 18.2 Å². The standard InChI is InChI=1S/C16H13N3O4/c1-22-15-17-13(18-16(19-15)23-2)11-8-7-9-5-3-4-6-10(9)12(11)14(20)21/h3-8H,1-2H3,(H,20,21). The van der Waals surface area contributed by atoms with Crippen LogP contribution in [0.5, 0.6) is 12.0 Å². The van der Waals surface area contributed by atoms with Gasteiger partial charge in [-0.1, -0.05) is 30.3 Å². The van der Waals surface area contributed by atoms with E-state index < -0.39 is 5.97 Å². The Morgan fingerprint density at radius 1 is 0.957 bits per heavy atom. The van der Waals surface area contributed by atoms with Gasteiger partial charge in [0.1, 0.15) is 0 Å². The van der Waals surface area contributed by atoms with E-state index in [0.29, 0.717) is 10.9 Å². The highest BCUT2D eigenvalue weighted by atomic mass is 16.5. The molecule has 0 fully saturated rings. The van der Waals surface area contributed by atoms with Gasteiger partial charge in [0, 0.05) is 5.56 Å². The minimum absolute atomic E-state index is 0.0522. The number of nitrogens with zero attached hydrogens (tertiary/aromatic N) is 3. The van der Waals surface area contributed by atoms with Crippen molar-refractivity contribution in [3.8, 4) is 23.4 Å². The molecule has 1 aromatic heterocycles. The molecule has 0 atom stereocenters. The Bertz CT molecular complexity index is 873. The molecule has 3 aromatic rings. The number of carboxylic acid groups (broad SMARTS) is 1. The van der Waals surface area contributed by atoms with Gasteiger partial charge in [-0.3, -0.25) is 0 Å². The fraction of sp³-hybridized carbons (Fsp3) is 0.125. The van der Waals surface area contributed by atoms with E-state index in [0.717, 1.165) is 5.39 Å². The van der Waals surface area contributed by atoms with Crippen molar-refractivity contribution in [3.05, 3.63) is 42.0 Å². The maximum Gasteiger partial charge on any atom is 0.337 e. The predicted molar refractivity (Wildman–Crippen MR) is 82.8 cm³/mol. The van der Waals surface area contributed by atoms with Crippen molar-refractivity contribution in [2.75, 3.05) is 14.2 Å². The number of benzene rings is 2. The molecular weight excluding hydrogens is 298 g/mol. The van der Waals surface area contributed by atoms with Crippen LogP contribution < -0.4 is 9.47 Å². The average molecular weight is 311 g/mol. The number of methoxy groups -OCH3 is 2. The first kappa shape index (κ1) is 14.7. The van der Waals surface area contributed by atoms with Gasteiger partial charge in [-0.2, -0.15) is 9.97 Å². The van der Waals surface area contributed by atoms with Crippen molar-refractivity contribution in [3.63, 3.8) is 0 Å². The quantitative estimate of drug-likeness (QED) is 0.790. The number of aromatic nitrogens is 3. The Balaban J connectivity index is 2.32. The number of hydrogen-bond acceptors (Lipinski definition) is 6. The highest BCUT2D eigenvalue weighted by molar-refractivity contribution is 6.08. The van der Waals surface area contributed by atoms with E-state index in [-0.39, 0.29) is 23.4 Å². The molecule has 7 heteroatoms. The molecule has 1 N–H and O–H groups in total. The topological polar surface area (TPSA) is 94.4 Å². The molecule has 0 aliphatic heterocycles. The molecule has 0 spiro atoms. The number of carboxylic acids is 1. The molecule has 7 nitrogen and oxygen atoms in total. The van der Waals surface area contributed by atoms with Gasteiger partial charge in [-0.25, -0.2) is 4.79 Å². The Morgan fingerprint density at radius 2 is 1.61 bits per heavy atom. The molecule has 0 aliphatic rings. The summed E-state index contributed by atoms with van der Waals surface area (Å²) in [6, 6.07) is 10.8. The summed E-state index contributed by atoms with van der Waals surface area (Å²) in [5.74, 6) is -0.882. The third-order valence-corrected chi connectivity index (χ3v) is 3.34. The molecule has 0 radical (unpaired) electrons. The van der Waals surface area contributed by atoms with E-state index in [1.54, 1.807) is 18.2 Å². The molecule has 0 amide bonds. The van der Waals surface area contributed by atoms with Crippen molar-refractivity contribution in [1.82, 2.24) is 15.0 Å². The first-order valence-corrected chi connectivity index (χ1v) is 6.73. The van der Waals surface area contributed by atoms with Gasteiger partial charge in [-0.05, 0) is 16.8 Å². The Morgan fingerprint density at radius 3 is 2.22 bits per heavy atom. The molecule has 23 heavy (non-hydrogen) atoms. The zero-order valence-corrected chi connectivity index (χ0v) is 12.5. The average Bonchev–Trinajstić information content (AvgIpc) is 2.59. The minimum Gasteiger partial charge on any atom is -0.478 e. The smallest absolute Gasteiger partial charge is 0.337 e. The van der Waals surface area contributed by atoms with Gasteiger partial charge in [0.25, 0.3) is 0 Å². The van der Waals surface area contributed by atoms with Crippen molar-refractivity contribution in [1.29, 1.82) is 0 Å². The van der Waals surface area contributed by atoms with Gasteiger partial charge in [0.2, 0.25) is 0 Å². The molecule has 116 valence electrons. The number of aromatic carboxylic acids is 1. The summed E-state index contributed by atoms with van der Waals surface area (Å²) in [5.41, 5.74) is 0.494. The van der Waals surface area contributed by atoms with E-state index in [2.05, 4.69) is 15.0 Å². The lowest BCUT2D eigenvalue weighted by molar-refractivity contribution is 0.0699. The van der Waals surface area contributed by atoms with Crippen LogP contribution in [0.1, 0.15) is 10.4 Å². The molecule has 0 bridgehead atoms. The van der Waals surface area contributed by atoms with Crippen LogP contribution >= 0.6 is 0 Å². The highest BCUT2D eigenvalue weighted by Crippen LogP contribution is 2.29.